The number of nitriles is 2. The van der Waals surface area contributed by atoms with E-state index >= 15 is 0 Å². The highest BCUT2D eigenvalue weighted by atomic mass is 35.5. The van der Waals surface area contributed by atoms with Gasteiger partial charge in [0.15, 0.2) is 0 Å². The van der Waals surface area contributed by atoms with Gasteiger partial charge in [-0.1, -0.05) is 117 Å². The summed E-state index contributed by atoms with van der Waals surface area (Å²) >= 11 is 9.04. The van der Waals surface area contributed by atoms with Crippen LogP contribution in [0.2, 0.25) is 10.1 Å². The van der Waals surface area contributed by atoms with Crippen LogP contribution >= 0.6 is 34.7 Å². The molecule has 6 rings (SSSR count). The fourth-order valence-electron chi connectivity index (χ4n) is 7.27. The lowest BCUT2D eigenvalue weighted by Gasteiger charge is -2.43. The zero-order valence-electron chi connectivity index (χ0n) is 29.6. The molecule has 2 N–H and O–H groups in total. The fourth-order valence-corrected chi connectivity index (χ4v) is 13.8. The number of halogens is 1. The van der Waals surface area contributed by atoms with Crippen LogP contribution in [0.1, 0.15) is 74.8 Å². The van der Waals surface area contributed by atoms with Gasteiger partial charge in [-0.05, 0) is 64.7 Å². The van der Waals surface area contributed by atoms with Gasteiger partial charge in [0.05, 0.1) is 36.1 Å². The Hall–Kier alpha value is -4.00. The summed E-state index contributed by atoms with van der Waals surface area (Å²) in [5.41, 5.74) is 9.71. The zero-order chi connectivity index (χ0) is 36.7. The Morgan fingerprint density at radius 2 is 1.48 bits per heavy atom. The fraction of sp³-hybridized carbons (Fsp3) is 0.317. The van der Waals surface area contributed by atoms with E-state index < -0.39 is 8.32 Å². The lowest BCUT2D eigenvalue weighted by Crippen LogP contribution is -2.66. The van der Waals surface area contributed by atoms with Crippen molar-refractivity contribution in [3.63, 3.8) is 0 Å². The minimum absolute atomic E-state index is 0.0120. The lowest BCUT2D eigenvalue weighted by atomic mass is 9.79. The van der Waals surface area contributed by atoms with Crippen LogP contribution in [0.4, 0.5) is 5.82 Å². The van der Waals surface area contributed by atoms with Crippen molar-refractivity contribution >= 4 is 59.2 Å². The Balaban J connectivity index is 1.11. The molecule has 1 aliphatic carbocycles. The molecule has 0 radical (unpaired) electrons. The van der Waals surface area contributed by atoms with Crippen LogP contribution in [0.15, 0.2) is 95.3 Å². The van der Waals surface area contributed by atoms with Crippen molar-refractivity contribution in [3.05, 3.63) is 118 Å². The Morgan fingerprint density at radius 3 is 2.06 bits per heavy atom. The van der Waals surface area contributed by atoms with Crippen molar-refractivity contribution in [2.45, 2.75) is 74.3 Å². The van der Waals surface area contributed by atoms with Crippen LogP contribution in [0.3, 0.4) is 0 Å². The van der Waals surface area contributed by atoms with Crippen molar-refractivity contribution in [1.29, 1.82) is 10.5 Å². The first kappa shape index (κ1) is 37.7. The number of nitrogens with two attached hydrogens (primary N) is 1. The van der Waals surface area contributed by atoms with Crippen LogP contribution in [0.25, 0.3) is 10.6 Å². The minimum Gasteiger partial charge on any atom is -0.405 e. The van der Waals surface area contributed by atoms with E-state index in [9.17, 15) is 10.5 Å². The second-order valence-corrected chi connectivity index (χ2v) is 20.5. The van der Waals surface area contributed by atoms with E-state index in [4.69, 9.17) is 31.5 Å². The molecule has 0 spiro atoms. The topological polar surface area (TPSA) is 118 Å². The first-order chi connectivity index (χ1) is 25.1. The summed E-state index contributed by atoms with van der Waals surface area (Å²) in [6.45, 7) is 7.82. The maximum atomic E-state index is 10.4. The van der Waals surface area contributed by atoms with Gasteiger partial charge in [-0.2, -0.15) is 10.5 Å². The van der Waals surface area contributed by atoms with Gasteiger partial charge in [-0.25, -0.2) is 9.97 Å². The minimum atomic E-state index is -2.64. The molecular formula is C41H42ClN5O2S2Si. The lowest BCUT2D eigenvalue weighted by molar-refractivity contribution is 0.00832. The zero-order valence-corrected chi connectivity index (χ0v) is 33.0. The number of aromatic nitrogens is 2. The van der Waals surface area contributed by atoms with Crippen molar-refractivity contribution in [2.75, 3.05) is 18.9 Å². The van der Waals surface area contributed by atoms with Gasteiger partial charge in [0.25, 0.3) is 8.32 Å². The van der Waals surface area contributed by atoms with E-state index in [0.717, 1.165) is 41.9 Å². The molecule has 0 amide bonds. The van der Waals surface area contributed by atoms with E-state index in [1.165, 1.54) is 22.1 Å². The molecule has 0 bridgehead atoms. The summed E-state index contributed by atoms with van der Waals surface area (Å²) in [4.78, 5) is 9.31. The van der Waals surface area contributed by atoms with E-state index in [1.807, 2.05) is 29.6 Å². The molecule has 2 heterocycles. The molecule has 0 atom stereocenters. The highest BCUT2D eigenvalue weighted by Crippen LogP contribution is 2.42. The molecule has 0 unspecified atom stereocenters. The molecule has 1 aliphatic rings. The van der Waals surface area contributed by atoms with Crippen LogP contribution < -0.4 is 16.1 Å². The smallest absolute Gasteiger partial charge is 0.261 e. The van der Waals surface area contributed by atoms with E-state index in [0.29, 0.717) is 45.7 Å². The number of thioether (sulfide) groups is 1. The largest absolute Gasteiger partial charge is 0.405 e. The van der Waals surface area contributed by atoms with Gasteiger partial charge < -0.3 is 14.9 Å². The summed E-state index contributed by atoms with van der Waals surface area (Å²) < 4.78 is 13.5. The van der Waals surface area contributed by atoms with E-state index in [1.54, 1.807) is 11.3 Å². The monoisotopic (exact) mass is 763 g/mol. The molecule has 52 heavy (non-hydrogen) atoms. The highest BCUT2D eigenvalue weighted by molar-refractivity contribution is 7.98. The van der Waals surface area contributed by atoms with Crippen molar-refractivity contribution in [2.24, 2.45) is 0 Å². The van der Waals surface area contributed by atoms with Gasteiger partial charge in [0.1, 0.15) is 28.0 Å². The average Bonchev–Trinajstić information content (AvgIpc) is 3.63. The number of hydrogen-bond donors (Lipinski definition) is 1. The molecule has 266 valence electrons. The summed E-state index contributed by atoms with van der Waals surface area (Å²) in [6.07, 6.45) is 3.27. The maximum absolute atomic E-state index is 10.4. The first-order valence-electron chi connectivity index (χ1n) is 17.5. The number of hydrogen-bond acceptors (Lipinski definition) is 9. The number of nitrogens with zero attached hydrogens (tertiary/aromatic N) is 4. The molecule has 2 aromatic heterocycles. The molecule has 0 aliphatic heterocycles. The number of thiazole rings is 1. The summed E-state index contributed by atoms with van der Waals surface area (Å²) in [6, 6.07) is 33.5. The van der Waals surface area contributed by atoms with Gasteiger partial charge in [-0.3, -0.25) is 0 Å². The molecule has 0 saturated heterocycles. The Bertz CT molecular complexity index is 2010. The molecule has 7 nitrogen and oxygen atoms in total. The highest BCUT2D eigenvalue weighted by Gasteiger charge is 2.50. The van der Waals surface area contributed by atoms with Crippen LogP contribution in [-0.2, 0) is 14.9 Å². The number of rotatable bonds is 12. The summed E-state index contributed by atoms with van der Waals surface area (Å²) in [5.74, 6) is 0.698. The number of benzene rings is 3. The number of nitrogen functional groups attached to an aromatic ring is 1. The van der Waals surface area contributed by atoms with Crippen molar-refractivity contribution in [3.8, 4) is 22.7 Å². The third-order valence-corrected chi connectivity index (χ3v) is 17.0. The van der Waals surface area contributed by atoms with Gasteiger partial charge >= 0.3 is 0 Å². The van der Waals surface area contributed by atoms with Gasteiger partial charge in [-0.15, -0.1) is 11.3 Å². The van der Waals surface area contributed by atoms with E-state index in [-0.39, 0.29) is 22.9 Å². The van der Waals surface area contributed by atoms with Gasteiger partial charge in [0.2, 0.25) is 0 Å². The molecule has 3 aromatic carbocycles. The standard InChI is InChI=1S/C41H42ClN5O2S2Si/c1-41(2,3)52(33-10-6-4-7-11-33,34-12-8-5-9-13-34)49-23-22-48-32-20-16-28(17-21-32)37-35(24-43)38(45)47-40(36(37)25-44)51-27-31-26-50-39(46-31)29-14-18-30(42)19-15-29/h4-15,18-19,26,28,32H,16-17,20-23,27H2,1-3H3,(H2,45,47). The molecule has 1 saturated carbocycles. The number of anilines is 1. The van der Waals surface area contributed by atoms with Crippen molar-refractivity contribution < 1.29 is 9.16 Å². The molecular weight excluding hydrogens is 722 g/mol. The normalized spacial score (nSPS) is 16.3. The first-order valence-corrected chi connectivity index (χ1v) is 21.6. The van der Waals surface area contributed by atoms with Crippen LogP contribution in [0.5, 0.6) is 0 Å². The van der Waals surface area contributed by atoms with Crippen LogP contribution in [-0.4, -0.2) is 37.6 Å². The number of ether oxygens (including phenoxy) is 1. The Kier molecular flexibility index (Phi) is 12.2. The Morgan fingerprint density at radius 1 is 0.865 bits per heavy atom. The van der Waals surface area contributed by atoms with Crippen LogP contribution in [0, 0.1) is 22.7 Å². The second-order valence-electron chi connectivity index (χ2n) is 14.0. The molecule has 5 aromatic rings. The molecule has 11 heteroatoms. The van der Waals surface area contributed by atoms with Crippen molar-refractivity contribution in [1.82, 2.24) is 9.97 Å². The van der Waals surface area contributed by atoms with E-state index in [2.05, 4.69) is 98.6 Å². The quantitative estimate of drug-likeness (QED) is 0.0760. The average molecular weight is 764 g/mol. The SMILES string of the molecule is CC(C)(C)[Si](OCCOC1CCC(c2c(C#N)c(N)nc(SCc3csc(-c4ccc(Cl)cc4)n3)c2C#N)CC1)(c1ccccc1)c1ccccc1. The predicted molar refractivity (Wildman–Crippen MR) is 215 cm³/mol. The summed E-state index contributed by atoms with van der Waals surface area (Å²) in [7, 11) is -2.64. The third-order valence-electron chi connectivity index (χ3n) is 9.71. The molecule has 1 fully saturated rings. The summed E-state index contributed by atoms with van der Waals surface area (Å²) in [5, 5.41) is 27.0. The van der Waals surface area contributed by atoms with Gasteiger partial charge in [0, 0.05) is 21.7 Å². The third kappa shape index (κ3) is 8.13. The Labute approximate surface area is 320 Å². The maximum Gasteiger partial charge on any atom is 0.261 e. The predicted octanol–water partition coefficient (Wildman–Crippen LogP) is 9.10. The second kappa shape index (κ2) is 16.8. The number of pyridine rings is 1.